The van der Waals surface area contributed by atoms with Crippen molar-refractivity contribution in [2.75, 3.05) is 7.11 Å². The third-order valence-electron chi connectivity index (χ3n) is 2.43. The highest BCUT2D eigenvalue weighted by atomic mass is 79.9. The highest BCUT2D eigenvalue weighted by molar-refractivity contribution is 9.10. The Labute approximate surface area is 91.4 Å². The topological polar surface area (TPSA) is 21.6 Å². The highest BCUT2D eigenvalue weighted by Gasteiger charge is 2.11. The van der Waals surface area contributed by atoms with Gasteiger partial charge in [-0.05, 0) is 41.1 Å². The van der Waals surface area contributed by atoms with E-state index in [1.54, 1.807) is 7.11 Å². The Bertz CT molecular complexity index is 493. The van der Waals surface area contributed by atoms with E-state index >= 15 is 0 Å². The van der Waals surface area contributed by atoms with Crippen LogP contribution in [0, 0.1) is 6.92 Å². The molecular weight excluding hydrogens is 242 g/mol. The number of rotatable bonds is 1. The average molecular weight is 254 g/mol. The number of benzene rings is 1. The number of fused-ring (bicyclic) bond motifs is 1. The number of halogens is 1. The lowest BCUT2D eigenvalue weighted by Crippen LogP contribution is -2.25. The van der Waals surface area contributed by atoms with Crippen LogP contribution in [0.15, 0.2) is 15.5 Å². The molecule has 0 radical (unpaired) electrons. The molecule has 0 spiro atoms. The summed E-state index contributed by atoms with van der Waals surface area (Å²) in [6.45, 7) is 4.12. The molecule has 3 heteroatoms. The molecule has 1 unspecified atom stereocenters. The Hall–Kier alpha value is -0.830. The van der Waals surface area contributed by atoms with Gasteiger partial charge in [-0.15, -0.1) is 0 Å². The molecule has 14 heavy (non-hydrogen) atoms. The lowest BCUT2D eigenvalue weighted by molar-refractivity contribution is 0.408. The Balaban J connectivity index is 2.83. The minimum atomic E-state index is 0.280. The van der Waals surface area contributed by atoms with E-state index < -0.39 is 0 Å². The molecule has 1 atom stereocenters. The Morgan fingerprint density at radius 1 is 1.50 bits per heavy atom. The summed E-state index contributed by atoms with van der Waals surface area (Å²) in [5.74, 6) is 0.884. The van der Waals surface area contributed by atoms with Gasteiger partial charge in [-0.1, -0.05) is 6.08 Å². The third-order valence-corrected chi connectivity index (χ3v) is 3.02. The molecule has 0 N–H and O–H groups in total. The highest BCUT2D eigenvalue weighted by Crippen LogP contribution is 2.24. The predicted molar refractivity (Wildman–Crippen MR) is 60.1 cm³/mol. The minimum absolute atomic E-state index is 0.280. The molecule has 1 aliphatic rings. The number of ether oxygens (including phenoxy) is 1. The number of nitrogens with zero attached hydrogens (tertiary/aromatic N) is 1. The molecule has 0 bridgehead atoms. The fraction of sp³-hybridized carbons (Fsp3) is 0.364. The molecule has 74 valence electrons. The number of hydrogen-bond donors (Lipinski definition) is 0. The summed E-state index contributed by atoms with van der Waals surface area (Å²) < 4.78 is 6.31. The van der Waals surface area contributed by atoms with Gasteiger partial charge >= 0.3 is 0 Å². The van der Waals surface area contributed by atoms with Crippen molar-refractivity contribution in [3.8, 4) is 5.75 Å². The fourth-order valence-corrected chi connectivity index (χ4v) is 2.53. The Morgan fingerprint density at radius 2 is 2.21 bits per heavy atom. The zero-order valence-electron chi connectivity index (χ0n) is 8.47. The molecule has 0 saturated heterocycles. The second-order valence-electron chi connectivity index (χ2n) is 3.49. The molecule has 0 aliphatic carbocycles. The minimum Gasteiger partial charge on any atom is -0.495 e. The van der Waals surface area contributed by atoms with Crippen molar-refractivity contribution in [1.29, 1.82) is 0 Å². The van der Waals surface area contributed by atoms with E-state index in [-0.39, 0.29) is 6.04 Å². The van der Waals surface area contributed by atoms with Gasteiger partial charge in [-0.25, -0.2) is 0 Å². The normalized spacial score (nSPS) is 18.4. The van der Waals surface area contributed by atoms with Crippen molar-refractivity contribution in [2.24, 2.45) is 4.99 Å². The van der Waals surface area contributed by atoms with Gasteiger partial charge in [0.1, 0.15) is 5.75 Å². The first-order chi connectivity index (χ1) is 6.63. The van der Waals surface area contributed by atoms with E-state index in [0.29, 0.717) is 0 Å². The van der Waals surface area contributed by atoms with Gasteiger partial charge in [-0.3, -0.25) is 4.99 Å². The zero-order valence-corrected chi connectivity index (χ0v) is 10.1. The van der Waals surface area contributed by atoms with Gasteiger partial charge in [0.25, 0.3) is 0 Å². The van der Waals surface area contributed by atoms with Crippen molar-refractivity contribution in [2.45, 2.75) is 19.9 Å². The molecule has 1 aromatic carbocycles. The first kappa shape index (κ1) is 9.71. The van der Waals surface area contributed by atoms with Crippen LogP contribution in [0.5, 0.6) is 5.75 Å². The molecule has 0 fully saturated rings. The monoisotopic (exact) mass is 253 g/mol. The van der Waals surface area contributed by atoms with E-state index in [0.717, 1.165) is 21.1 Å². The van der Waals surface area contributed by atoms with Crippen LogP contribution >= 0.6 is 15.9 Å². The Kier molecular flexibility index (Phi) is 2.35. The lowest BCUT2D eigenvalue weighted by Gasteiger charge is -2.06. The van der Waals surface area contributed by atoms with Gasteiger partial charge in [-0.2, -0.15) is 0 Å². The summed E-state index contributed by atoms with van der Waals surface area (Å²) in [5.41, 5.74) is 1.11. The number of methoxy groups -OCH3 is 1. The summed E-state index contributed by atoms with van der Waals surface area (Å²) in [5, 5.41) is 2.26. The maximum absolute atomic E-state index is 5.32. The summed E-state index contributed by atoms with van der Waals surface area (Å²) in [4.78, 5) is 4.54. The molecule has 0 saturated carbocycles. The molecule has 1 heterocycles. The summed E-state index contributed by atoms with van der Waals surface area (Å²) in [6, 6.07) is 2.34. The first-order valence-electron chi connectivity index (χ1n) is 4.56. The van der Waals surface area contributed by atoms with Crippen molar-refractivity contribution in [3.05, 3.63) is 26.7 Å². The van der Waals surface area contributed by atoms with E-state index in [1.807, 2.05) is 6.92 Å². The van der Waals surface area contributed by atoms with Crippen molar-refractivity contribution in [3.63, 3.8) is 0 Å². The van der Waals surface area contributed by atoms with E-state index in [9.17, 15) is 0 Å². The van der Waals surface area contributed by atoms with Crippen molar-refractivity contribution < 1.29 is 4.74 Å². The first-order valence-corrected chi connectivity index (χ1v) is 5.35. The molecule has 1 aromatic rings. The lowest BCUT2D eigenvalue weighted by atomic mass is 10.1. The molecule has 2 rings (SSSR count). The van der Waals surface area contributed by atoms with Crippen LogP contribution < -0.4 is 15.3 Å². The SMILES string of the molecule is COc1c(Br)cc2c(c1C)=NC(C)C=2. The summed E-state index contributed by atoms with van der Waals surface area (Å²) >= 11 is 3.49. The molecule has 2 nitrogen and oxygen atoms in total. The van der Waals surface area contributed by atoms with Crippen LogP contribution in [0.1, 0.15) is 12.5 Å². The van der Waals surface area contributed by atoms with Crippen LogP contribution in [-0.2, 0) is 0 Å². The standard InChI is InChI=1S/C11H12BrNO/c1-6-4-8-5-9(12)11(14-3)7(2)10(8)13-6/h4-6H,1-3H3. The van der Waals surface area contributed by atoms with Crippen LogP contribution in [0.25, 0.3) is 6.08 Å². The van der Waals surface area contributed by atoms with Gasteiger partial charge in [0.2, 0.25) is 0 Å². The Morgan fingerprint density at radius 3 is 2.86 bits per heavy atom. The van der Waals surface area contributed by atoms with Crippen LogP contribution in [0.3, 0.4) is 0 Å². The summed E-state index contributed by atoms with van der Waals surface area (Å²) in [6.07, 6.45) is 2.16. The molecule has 1 aliphatic heterocycles. The third kappa shape index (κ3) is 1.36. The second-order valence-corrected chi connectivity index (χ2v) is 4.35. The zero-order chi connectivity index (χ0) is 10.3. The average Bonchev–Trinajstić information content (AvgIpc) is 2.47. The number of hydrogen-bond acceptors (Lipinski definition) is 2. The van der Waals surface area contributed by atoms with Gasteiger partial charge in [0, 0.05) is 5.56 Å². The quantitative estimate of drug-likeness (QED) is 0.745. The van der Waals surface area contributed by atoms with Crippen molar-refractivity contribution in [1.82, 2.24) is 0 Å². The van der Waals surface area contributed by atoms with Gasteiger partial charge < -0.3 is 4.74 Å². The van der Waals surface area contributed by atoms with E-state index in [4.69, 9.17) is 4.74 Å². The van der Waals surface area contributed by atoms with Crippen LogP contribution in [-0.4, -0.2) is 13.2 Å². The van der Waals surface area contributed by atoms with Gasteiger partial charge in [0.15, 0.2) is 0 Å². The smallest absolute Gasteiger partial charge is 0.138 e. The maximum atomic E-state index is 5.32. The molecule has 0 amide bonds. The van der Waals surface area contributed by atoms with Crippen LogP contribution in [0.2, 0.25) is 0 Å². The largest absolute Gasteiger partial charge is 0.495 e. The fourth-order valence-electron chi connectivity index (χ4n) is 1.82. The van der Waals surface area contributed by atoms with E-state index in [1.165, 1.54) is 5.22 Å². The van der Waals surface area contributed by atoms with Crippen molar-refractivity contribution >= 4 is 22.0 Å². The second kappa shape index (κ2) is 3.39. The summed E-state index contributed by atoms with van der Waals surface area (Å²) in [7, 11) is 1.68. The predicted octanol–water partition coefficient (Wildman–Crippen LogP) is 1.57. The molecular formula is C11H12BrNO. The maximum Gasteiger partial charge on any atom is 0.138 e. The van der Waals surface area contributed by atoms with E-state index in [2.05, 4.69) is 40.0 Å². The van der Waals surface area contributed by atoms with Gasteiger partial charge in [0.05, 0.1) is 23.0 Å². The molecule has 0 aromatic heterocycles. The van der Waals surface area contributed by atoms with Crippen LogP contribution in [0.4, 0.5) is 0 Å².